The largest absolute Gasteiger partial charge is 1.00 e. The number of esters is 6. The first kappa shape index (κ1) is 112. The van der Waals surface area contributed by atoms with E-state index < -0.39 is 238 Å². The van der Waals surface area contributed by atoms with E-state index in [2.05, 4.69) is 21.0 Å². The minimum atomic E-state index is -2.25. The second-order valence-electron chi connectivity index (χ2n) is 38.3. The third-order valence-corrected chi connectivity index (χ3v) is 27.7. The van der Waals surface area contributed by atoms with Crippen LogP contribution in [0.15, 0.2) is 144 Å². The average molecular weight is 1930 g/mol. The topological polar surface area (TPSA) is 482 Å². The molecule has 2 amide bonds. The standard InChI is InChI=1S/C47H62N2O15.C45H55NO15.C2H7NO.CH4O.CH4.ClH.K.H2.H/c1-25-29(59-41(54)35(52)34(27-17-13-11-14-18-27)48-42(55)64-43(3,4)5)22-47(56)39(62-40(53)28-19-15-12-16-20-28)37-45(8,30(51)21-31-46(37,24-58-31)63-26(2)50)38-36(33(25)44(47,6)7)60-32(61-38)23-49(9)57-10;1-23-27(56-39(52)33(50)32(25-15-11-9-12-16-25)46-40(53)61-41(3,4)5)20-45(54)37(59-38(51)26-17-13-10-14-18-26)35-43(8,28(49)19-29-44(35,22-55-29)60-24(2)48)36-34(31(23)42(45,6)7)57-30(21-47)58-36;1-3-4-2;1-2;;;;;/h11-20,29-32,34-39,51-52,56H,21-24H2,1-10H3,(H,48,55);9-18,21,27-30,32-37,49-50,54H,19-20,22H2,1-8H3,(H,46,53);3H,1-2H3;2H,1H3;1H4;1H;;1H;/q;;;;;;+1;;-1/t29-,30-,31?,32?,34-,35+,36+,37-,38+,39-,45+,46-,47+;27-,28-,29?,30?,32-,33+,34+,35-,36+,37-,43+,44-,45+;;;;;;;/m00......./s1. The molecule has 4 aromatic rings. The number of likely N-dealkylation sites (N-methyl/N-ethyl adjacent to an activating group) is 1. The molecular weight excluding hydrogens is 1800 g/mol. The summed E-state index contributed by atoms with van der Waals surface area (Å²) in [4.78, 5) is 132. The molecule has 740 valence electrons. The van der Waals surface area contributed by atoms with Crippen molar-refractivity contribution in [2.75, 3.05) is 55.2 Å². The van der Waals surface area contributed by atoms with Gasteiger partial charge in [-0.1, -0.05) is 146 Å². The van der Waals surface area contributed by atoms with Crippen LogP contribution in [0.3, 0.4) is 0 Å². The van der Waals surface area contributed by atoms with E-state index in [0.29, 0.717) is 39.7 Å². The van der Waals surface area contributed by atoms with Crippen LogP contribution in [0.25, 0.3) is 0 Å². The van der Waals surface area contributed by atoms with Crippen LogP contribution in [0.4, 0.5) is 9.59 Å². The summed E-state index contributed by atoms with van der Waals surface area (Å²) >= 11 is 0. The summed E-state index contributed by atoms with van der Waals surface area (Å²) in [5.74, 6) is -7.90. The Morgan fingerprint density at radius 2 is 0.910 bits per heavy atom. The first-order valence-corrected chi connectivity index (χ1v) is 43.7. The van der Waals surface area contributed by atoms with Gasteiger partial charge in [-0.25, -0.2) is 34.2 Å². The molecule has 4 saturated heterocycles. The van der Waals surface area contributed by atoms with Gasteiger partial charge in [-0.3, -0.25) is 14.4 Å². The number of rotatable bonds is 21. The molecule has 4 saturated carbocycles. The van der Waals surface area contributed by atoms with Gasteiger partial charge in [0, 0.05) is 83.8 Å². The predicted octanol–water partition coefficient (Wildman–Crippen LogP) is 5.37. The number of hydroxylamine groups is 3. The monoisotopic (exact) mass is 1930 g/mol. The molecule has 0 radical (unpaired) electrons. The van der Waals surface area contributed by atoms with Gasteiger partial charge in [0.05, 0.1) is 93.4 Å². The van der Waals surface area contributed by atoms with Crippen molar-refractivity contribution in [3.63, 3.8) is 0 Å². The quantitative estimate of drug-likeness (QED) is 0.0125. The van der Waals surface area contributed by atoms with E-state index in [0.717, 1.165) is 7.11 Å². The number of nitrogens with one attached hydrogen (secondary N) is 3. The number of aliphatic hydroxyl groups excluding tert-OH is 5. The van der Waals surface area contributed by atoms with Gasteiger partial charge < -0.3 is 124 Å². The van der Waals surface area contributed by atoms with Crippen molar-refractivity contribution in [3.05, 3.63) is 166 Å². The molecule has 0 aromatic heterocycles. The number of ether oxygens (including phenoxy) is 14. The number of benzene rings is 4. The molecule has 4 aromatic carbocycles. The molecule has 26 atom stereocenters. The van der Waals surface area contributed by atoms with E-state index >= 15 is 0 Å². The SMILES string of the molecule is C.CC(=O)O[C@@]12COC1C[C@H](O)[C@@]1(C)[C@@H]3OC(C=O)O[C@@H]3C3=C(C)[C@@H](OC(=O)[C@H](O)[C@@H](NC(=O)OC(C)(C)C)c4ccccc4)C[C@@](O)([C@@H](OC(=O)c4ccccc4)[C@@H]12)C3(C)C.CNOC.CO.CON(C)CC1O[C@@H]2C3=C(C)[C@@H](OC(=O)[C@H](O)[C@@H](NC(=O)OC(C)(C)C)c4ccccc4)C[C@@](O)([C@@H](OC(=O)c4ccccc4)[C@H]4[C@](C)([C@@H]2O1)[C@@H](O)CC1OC[C@]14OC(C)=O)C3(C)C.Cl.[H-].[HH].[K+]. The Morgan fingerprint density at radius 3 is 1.22 bits per heavy atom. The van der Waals surface area contributed by atoms with Crippen LogP contribution in [-0.2, 0) is 100.0 Å². The van der Waals surface area contributed by atoms with Gasteiger partial charge in [-0.05, 0) is 113 Å². The number of nitrogens with zero attached hydrogens (tertiary/aromatic N) is 1. The molecule has 36 nitrogen and oxygen atoms in total. The molecule has 6 aliphatic carbocycles. The Labute approximate surface area is 833 Å². The van der Waals surface area contributed by atoms with Gasteiger partial charge in [0.25, 0.3) is 0 Å². The Morgan fingerprint density at radius 1 is 0.567 bits per heavy atom. The van der Waals surface area contributed by atoms with Gasteiger partial charge >= 0.3 is 99.4 Å². The third kappa shape index (κ3) is 21.5. The zero-order valence-corrected chi connectivity index (χ0v) is 83.3. The normalized spacial score (nSPS) is 33.3. The van der Waals surface area contributed by atoms with Crippen LogP contribution in [0.2, 0.25) is 0 Å². The van der Waals surface area contributed by atoms with Crippen LogP contribution in [0.1, 0.15) is 191 Å². The van der Waals surface area contributed by atoms with Gasteiger partial charge in [-0.2, -0.15) is 5.06 Å². The van der Waals surface area contributed by atoms with E-state index in [9.17, 15) is 73.8 Å². The molecule has 4 heterocycles. The second kappa shape index (κ2) is 44.0. The van der Waals surface area contributed by atoms with Crippen LogP contribution in [0.5, 0.6) is 0 Å². The third-order valence-electron chi connectivity index (χ3n) is 27.7. The summed E-state index contributed by atoms with van der Waals surface area (Å²) in [6.07, 6.45) is -23.5. The zero-order valence-electron chi connectivity index (χ0n) is 80.3. The molecule has 4 unspecified atom stereocenters. The first-order valence-electron chi connectivity index (χ1n) is 43.7. The zero-order chi connectivity index (χ0) is 96.6. The van der Waals surface area contributed by atoms with E-state index in [1.807, 2.05) is 0 Å². The van der Waals surface area contributed by atoms with Gasteiger partial charge in [0.2, 0.25) is 6.29 Å². The molecule has 0 spiro atoms. The van der Waals surface area contributed by atoms with Crippen molar-refractivity contribution >= 4 is 66.7 Å². The summed E-state index contributed by atoms with van der Waals surface area (Å²) in [5.41, 5.74) is -10.3. The number of aliphatic hydroxyl groups is 7. The van der Waals surface area contributed by atoms with Gasteiger partial charge in [0.15, 0.2) is 36.0 Å². The van der Waals surface area contributed by atoms with Crippen molar-refractivity contribution in [3.8, 4) is 0 Å². The number of hydrogen-bond donors (Lipinski definition) is 10. The van der Waals surface area contributed by atoms with E-state index in [-0.39, 0.29) is 118 Å². The molecule has 38 heteroatoms. The second-order valence-corrected chi connectivity index (χ2v) is 38.3. The Balaban J connectivity index is 0.000000382. The fourth-order valence-corrected chi connectivity index (χ4v) is 21.3. The van der Waals surface area contributed by atoms with Crippen molar-refractivity contribution in [1.82, 2.24) is 21.2 Å². The Kier molecular flexibility index (Phi) is 36.7. The molecule has 134 heavy (non-hydrogen) atoms. The first-order chi connectivity index (χ1) is 61.5. The average Bonchev–Trinajstić information content (AvgIpc) is 1.02. The van der Waals surface area contributed by atoms with Gasteiger partial charge in [0.1, 0.15) is 71.2 Å². The minimum Gasteiger partial charge on any atom is -1.00 e. The number of halogens is 1. The number of fused-ring (bicyclic) bond motifs is 16. The summed E-state index contributed by atoms with van der Waals surface area (Å²) < 4.78 is 87.2. The van der Waals surface area contributed by atoms with E-state index in [4.69, 9.17) is 76.3 Å². The number of amides is 2. The molecule has 10 aliphatic rings. The summed E-state index contributed by atoms with van der Waals surface area (Å²) in [5, 5.41) is 89.6. The molecule has 4 bridgehead atoms. The van der Waals surface area contributed by atoms with Crippen LogP contribution in [0, 0.1) is 33.5 Å². The maximum Gasteiger partial charge on any atom is 1.00 e. The Hall–Kier alpha value is -7.36. The molecular formula is C96H136ClKN4O32. The van der Waals surface area contributed by atoms with Crippen molar-refractivity contribution in [2.45, 2.75) is 288 Å². The fourth-order valence-electron chi connectivity index (χ4n) is 21.3. The summed E-state index contributed by atoms with van der Waals surface area (Å²) in [6, 6.07) is 30.2. The maximum atomic E-state index is 14.5. The van der Waals surface area contributed by atoms with Crippen molar-refractivity contribution in [2.24, 2.45) is 33.5 Å². The van der Waals surface area contributed by atoms with Crippen LogP contribution in [-0.4, -0.2) is 282 Å². The maximum absolute atomic E-state index is 14.5. The molecule has 8 fully saturated rings. The summed E-state index contributed by atoms with van der Waals surface area (Å²) in [7, 11) is 7.45. The molecule has 10 N–H and O–H groups in total. The van der Waals surface area contributed by atoms with E-state index in [1.165, 1.54) is 38.2 Å². The molecule has 4 aliphatic heterocycles. The van der Waals surface area contributed by atoms with E-state index in [1.54, 1.807) is 227 Å². The number of hydrogen-bond acceptors (Lipinski definition) is 34. The summed E-state index contributed by atoms with van der Waals surface area (Å²) in [6.45, 7) is 26.0. The number of carbonyl (C=O) groups is 9. The number of carbonyl (C=O) groups excluding carboxylic acids is 9. The van der Waals surface area contributed by atoms with Crippen molar-refractivity contribution in [1.29, 1.82) is 0 Å². The molecule has 14 rings (SSSR count). The van der Waals surface area contributed by atoms with Crippen molar-refractivity contribution < 1.29 is 209 Å². The van der Waals surface area contributed by atoms with Crippen LogP contribution >= 0.6 is 12.4 Å². The predicted molar refractivity (Wildman–Crippen MR) is 479 cm³/mol. The Bertz CT molecular complexity index is 4850. The van der Waals surface area contributed by atoms with Gasteiger partial charge in [-0.15, -0.1) is 12.4 Å². The minimum absolute atomic E-state index is 0. The number of alkyl carbamates (subject to hydrolysis) is 2. The fraction of sp³-hybridized carbons (Fsp3) is 0.615. The van der Waals surface area contributed by atoms with Crippen LogP contribution < -0.4 is 67.5 Å². The number of aldehydes is 1. The smallest absolute Gasteiger partial charge is 1.00 e.